The summed E-state index contributed by atoms with van der Waals surface area (Å²) in [7, 11) is 0. The van der Waals surface area contributed by atoms with Crippen LogP contribution in [0, 0.1) is 69.8 Å². The molecule has 120 heavy (non-hydrogen) atoms. The van der Waals surface area contributed by atoms with Crippen LogP contribution in [0.3, 0.4) is 0 Å². The zero-order valence-electron chi connectivity index (χ0n) is 72.2. The van der Waals surface area contributed by atoms with E-state index in [0.717, 1.165) is 231 Å². The first-order valence-electron chi connectivity index (χ1n) is 47.0. The van der Waals surface area contributed by atoms with E-state index in [-0.39, 0.29) is 78.2 Å². The molecule has 0 radical (unpaired) electrons. The molecule has 0 saturated heterocycles. The second-order valence-electron chi connectivity index (χ2n) is 34.7. The Labute approximate surface area is 700 Å². The van der Waals surface area contributed by atoms with Gasteiger partial charge < -0.3 is 28.4 Å². The van der Waals surface area contributed by atoms with Gasteiger partial charge in [-0.15, -0.1) is 0 Å². The SMILES string of the molecule is CCCCCCCCCCOc1c(F)c2c3c(F)c(OCCCCCCCCCC)c(F)c4c5c(F)c(OCCCCCCCCCC)c(F)c6c7c(F)c(OCCCCCCCCCC)c(F)c8c9c(F)c(OCCCCCCCCCC)c(F)c%10c%11c(F)c(OCCCCCCCCCC)c(F)c%12c(c1F)c2c1c(c34)c(c56)c(c78)c(c%109)c1c%12%11. The number of benzene rings is 13. The molecule has 18 heteroatoms. The maximum atomic E-state index is 19.5. The number of unbranched alkanes of at least 4 members (excludes halogenated alkanes) is 42. The number of fused-ring (bicyclic) bond motifs is 6. The number of hydrogen-bond donors (Lipinski definition) is 0. The average molecular weight is 1680 g/mol. The highest BCUT2D eigenvalue weighted by atomic mass is 19.2. The Hall–Kier alpha value is -7.50. The predicted molar refractivity (Wildman–Crippen MR) is 472 cm³/mol. The summed E-state index contributed by atoms with van der Waals surface area (Å²) in [6.45, 7) is 10.7. The Kier molecular flexibility index (Phi) is 32.1. The van der Waals surface area contributed by atoms with Gasteiger partial charge in [0.05, 0.1) is 39.6 Å². The third kappa shape index (κ3) is 17.6. The van der Waals surface area contributed by atoms with Crippen molar-refractivity contribution in [1.29, 1.82) is 0 Å². The lowest BCUT2D eigenvalue weighted by atomic mass is 9.72. The molecular formula is C102H126F12O6. The van der Waals surface area contributed by atoms with Crippen LogP contribution < -0.4 is 28.4 Å². The Bertz CT molecular complexity index is 4400. The van der Waals surface area contributed by atoms with Crippen LogP contribution in [0.15, 0.2) is 0 Å². The number of ether oxygens (including phenoxy) is 6. The molecule has 0 fully saturated rings. The van der Waals surface area contributed by atoms with Crippen molar-refractivity contribution in [3.05, 3.63) is 69.8 Å². The second-order valence-corrected chi connectivity index (χ2v) is 34.7. The lowest BCUT2D eigenvalue weighted by Gasteiger charge is -2.31. The Morgan fingerprint density at radius 2 is 0.200 bits per heavy atom. The predicted octanol–water partition coefficient (Wildman–Crippen LogP) is 34.9. The summed E-state index contributed by atoms with van der Waals surface area (Å²) in [5.74, 6) is -25.5. The Balaban J connectivity index is 1.19. The van der Waals surface area contributed by atoms with Crippen molar-refractivity contribution in [2.24, 2.45) is 0 Å². The molecule has 6 nitrogen and oxygen atoms in total. The smallest absolute Gasteiger partial charge is 0.192 e. The zero-order chi connectivity index (χ0) is 84.7. The summed E-state index contributed by atoms with van der Waals surface area (Å²) in [6.07, 6.45) is 39.1. The number of halogens is 12. The van der Waals surface area contributed by atoms with E-state index in [4.69, 9.17) is 28.4 Å². The van der Waals surface area contributed by atoms with Crippen molar-refractivity contribution in [1.82, 2.24) is 0 Å². The topological polar surface area (TPSA) is 55.4 Å². The fourth-order valence-electron chi connectivity index (χ4n) is 19.8. The van der Waals surface area contributed by atoms with E-state index in [1.54, 1.807) is 0 Å². The Morgan fingerprint density at radius 1 is 0.117 bits per heavy atom. The molecule has 0 unspecified atom stereocenters. The van der Waals surface area contributed by atoms with E-state index in [2.05, 4.69) is 41.5 Å². The summed E-state index contributed by atoms with van der Waals surface area (Å²) in [4.78, 5) is 0. The lowest BCUT2D eigenvalue weighted by molar-refractivity contribution is 0.276. The highest BCUT2D eigenvalue weighted by Gasteiger charge is 2.44. The van der Waals surface area contributed by atoms with Gasteiger partial charge in [0, 0.05) is 129 Å². The van der Waals surface area contributed by atoms with E-state index in [1.807, 2.05) is 0 Å². The van der Waals surface area contributed by atoms with E-state index in [0.29, 0.717) is 38.5 Å². The van der Waals surface area contributed by atoms with Crippen LogP contribution in [0.2, 0.25) is 0 Å². The van der Waals surface area contributed by atoms with Crippen LogP contribution in [0.4, 0.5) is 52.7 Å². The number of rotatable bonds is 60. The first-order chi connectivity index (χ1) is 58.6. The number of hydrogen-bond acceptors (Lipinski definition) is 6. The average Bonchev–Trinajstić information content (AvgIpc) is 0.630. The van der Waals surface area contributed by atoms with Gasteiger partial charge in [-0.3, -0.25) is 0 Å². The summed E-state index contributed by atoms with van der Waals surface area (Å²) in [5.41, 5.74) is 0. The summed E-state index contributed by atoms with van der Waals surface area (Å²) < 4.78 is 272. The largest absolute Gasteiger partial charge is 0.488 e. The van der Waals surface area contributed by atoms with Crippen molar-refractivity contribution in [2.45, 2.75) is 350 Å². The molecule has 654 valence electrons. The van der Waals surface area contributed by atoms with Crippen LogP contribution in [-0.2, 0) is 0 Å². The van der Waals surface area contributed by atoms with Crippen LogP contribution in [-0.4, -0.2) is 39.6 Å². The molecule has 0 heterocycles. The van der Waals surface area contributed by atoms with Crippen LogP contribution in [0.1, 0.15) is 350 Å². The van der Waals surface area contributed by atoms with Gasteiger partial charge in [0.1, 0.15) is 0 Å². The van der Waals surface area contributed by atoms with E-state index >= 15 is 52.7 Å². The van der Waals surface area contributed by atoms with Gasteiger partial charge in [0.25, 0.3) is 0 Å². The van der Waals surface area contributed by atoms with Gasteiger partial charge in [-0.25, -0.2) is 52.7 Å². The molecule has 0 aromatic heterocycles. The molecule has 0 bridgehead atoms. The van der Waals surface area contributed by atoms with Crippen molar-refractivity contribution in [3.63, 3.8) is 0 Å². The van der Waals surface area contributed by atoms with Gasteiger partial charge in [0.15, 0.2) is 104 Å². The molecule has 0 aliphatic carbocycles. The third-order valence-corrected chi connectivity index (χ3v) is 26.0. The molecule has 0 amide bonds. The maximum Gasteiger partial charge on any atom is 0.192 e. The highest BCUT2D eigenvalue weighted by Crippen LogP contribution is 2.66. The minimum Gasteiger partial charge on any atom is -0.488 e. The fourth-order valence-corrected chi connectivity index (χ4v) is 19.8. The first kappa shape index (κ1) is 90.2. The van der Waals surface area contributed by atoms with Crippen molar-refractivity contribution in [3.8, 4) is 34.5 Å². The minimum absolute atomic E-state index is 0.254. The lowest BCUT2D eigenvalue weighted by Crippen LogP contribution is -2.12. The first-order valence-corrected chi connectivity index (χ1v) is 47.0. The van der Waals surface area contributed by atoms with Gasteiger partial charge in [0.2, 0.25) is 0 Å². The van der Waals surface area contributed by atoms with E-state index in [9.17, 15) is 0 Å². The second kappa shape index (κ2) is 42.7. The minimum atomic E-state index is -1.56. The molecular weight excluding hydrogens is 1550 g/mol. The van der Waals surface area contributed by atoms with Crippen LogP contribution >= 0.6 is 0 Å². The van der Waals surface area contributed by atoms with Crippen molar-refractivity contribution < 1.29 is 81.1 Å². The summed E-state index contributed by atoms with van der Waals surface area (Å²) in [5, 5.41) is -16.2. The highest BCUT2D eigenvalue weighted by molar-refractivity contribution is 6.61. The molecule has 0 atom stereocenters. The van der Waals surface area contributed by atoms with Gasteiger partial charge in [-0.1, -0.05) is 311 Å². The standard InChI is InChI=1S/C102H126F12O6/c1-7-13-19-25-31-37-43-49-55-115-97-85(103)73-67-61-62-64-66-65-63(61)69-76(74(67)86(97)104)88(106)99(117-57-51-45-39-33-27-21-15-9-3)90(108)78(69)80-71(65)82(94(112)101(92(80)110)119-59-53-47-41-35-29-23-17-11-5)84-72(66)83(95(113)102(96(84)114)120-60-54-48-42-36-30-24-18-12-6)81-70(64)79(91(109)100(93(81)111)118-58-52-46-40-34-28-22-16-10-4)77-68(62)75(73)87(105)98(89(77)107)116-56-50-44-38-32-26-20-14-8-2/h7-60H2,1-6H3. The molecule has 0 aliphatic rings. The molecule has 0 N–H and O–H groups in total. The molecule has 13 rings (SSSR count). The van der Waals surface area contributed by atoms with E-state index < -0.39 is 234 Å². The quantitative estimate of drug-likeness (QED) is 0.0164. The van der Waals surface area contributed by atoms with Crippen LogP contribution in [0.25, 0.3) is 129 Å². The van der Waals surface area contributed by atoms with Gasteiger partial charge in [-0.05, 0) is 38.5 Å². The van der Waals surface area contributed by atoms with Gasteiger partial charge in [-0.2, -0.15) is 0 Å². The van der Waals surface area contributed by atoms with Crippen molar-refractivity contribution in [2.75, 3.05) is 39.6 Å². The molecule has 0 saturated carbocycles. The zero-order valence-corrected chi connectivity index (χ0v) is 72.2. The molecule has 0 spiro atoms. The monoisotopic (exact) mass is 1670 g/mol. The van der Waals surface area contributed by atoms with Crippen molar-refractivity contribution >= 4 is 129 Å². The third-order valence-electron chi connectivity index (χ3n) is 26.0. The Morgan fingerprint density at radius 3 is 0.300 bits per heavy atom. The van der Waals surface area contributed by atoms with E-state index in [1.165, 1.54) is 0 Å². The molecule has 13 aromatic carbocycles. The molecule has 13 aromatic rings. The summed E-state index contributed by atoms with van der Waals surface area (Å²) in [6, 6.07) is 0. The molecule has 0 aliphatic heterocycles. The fraction of sp³-hybridized carbons (Fsp3) is 0.588. The normalized spacial score (nSPS) is 12.6. The maximum absolute atomic E-state index is 19.5. The van der Waals surface area contributed by atoms with Crippen LogP contribution in [0.5, 0.6) is 34.5 Å². The van der Waals surface area contributed by atoms with Gasteiger partial charge >= 0.3 is 0 Å². The summed E-state index contributed by atoms with van der Waals surface area (Å²) >= 11 is 0.